The van der Waals surface area contributed by atoms with Gasteiger partial charge in [-0.3, -0.25) is 10.1 Å². The number of halogens is 1. The molecule has 0 saturated carbocycles. The van der Waals surface area contributed by atoms with E-state index in [0.717, 1.165) is 43.8 Å². The number of piperidine rings is 1. The van der Waals surface area contributed by atoms with E-state index in [0.29, 0.717) is 5.92 Å². The summed E-state index contributed by atoms with van der Waals surface area (Å²) in [4.78, 5) is 12.7. The summed E-state index contributed by atoms with van der Waals surface area (Å²) in [7, 11) is 1.72. The van der Waals surface area contributed by atoms with Crippen LogP contribution in [0.1, 0.15) is 18.4 Å². The first kappa shape index (κ1) is 15.1. The lowest BCUT2D eigenvalue weighted by Crippen LogP contribution is -2.37. The Hall–Kier alpha value is -1.33. The number of alkyl halides is 1. The van der Waals surface area contributed by atoms with Crippen LogP contribution in [0.3, 0.4) is 0 Å². The van der Waals surface area contributed by atoms with Gasteiger partial charge in [-0.15, -0.1) is 11.6 Å². The van der Waals surface area contributed by atoms with Crippen molar-refractivity contribution < 1.29 is 9.66 Å². The van der Waals surface area contributed by atoms with Gasteiger partial charge in [0, 0.05) is 43.9 Å². The van der Waals surface area contributed by atoms with E-state index in [1.165, 1.54) is 0 Å². The Morgan fingerprint density at radius 1 is 1.55 bits per heavy atom. The van der Waals surface area contributed by atoms with Crippen molar-refractivity contribution in [3.63, 3.8) is 0 Å². The van der Waals surface area contributed by atoms with Crippen molar-refractivity contribution in [1.82, 2.24) is 0 Å². The molecule has 1 saturated heterocycles. The number of methoxy groups -OCH3 is 1. The summed E-state index contributed by atoms with van der Waals surface area (Å²) in [6.07, 6.45) is 2.26. The first-order valence-corrected chi connectivity index (χ1v) is 7.26. The lowest BCUT2D eigenvalue weighted by atomic mass is 9.97. The fraction of sp³-hybridized carbons (Fsp3) is 0.571. The maximum atomic E-state index is 10.8. The number of hydrogen-bond acceptors (Lipinski definition) is 4. The summed E-state index contributed by atoms with van der Waals surface area (Å²) in [6, 6.07) is 4.93. The second kappa shape index (κ2) is 6.90. The van der Waals surface area contributed by atoms with Crippen molar-refractivity contribution in [2.45, 2.75) is 18.7 Å². The summed E-state index contributed by atoms with van der Waals surface area (Å²) in [5.74, 6) is 0.787. The summed E-state index contributed by atoms with van der Waals surface area (Å²) >= 11 is 5.95. The molecule has 110 valence electrons. The third kappa shape index (κ3) is 3.41. The molecule has 1 atom stereocenters. The highest BCUT2D eigenvalue weighted by Crippen LogP contribution is 2.30. The van der Waals surface area contributed by atoms with Crippen molar-refractivity contribution in [2.75, 3.05) is 31.7 Å². The van der Waals surface area contributed by atoms with E-state index in [4.69, 9.17) is 16.3 Å². The first-order chi connectivity index (χ1) is 9.65. The molecule has 0 bridgehead atoms. The van der Waals surface area contributed by atoms with Gasteiger partial charge in [0.25, 0.3) is 5.69 Å². The SMILES string of the molecule is COCC1CCCN(c2ccc([N+](=O)[O-])cc2CCl)C1. The molecular weight excluding hydrogens is 280 g/mol. The van der Waals surface area contributed by atoms with Crippen molar-refractivity contribution in [3.05, 3.63) is 33.9 Å². The number of nitrogens with zero attached hydrogens (tertiary/aromatic N) is 2. The second-order valence-electron chi connectivity index (χ2n) is 5.11. The number of nitro groups is 1. The van der Waals surface area contributed by atoms with E-state index >= 15 is 0 Å². The van der Waals surface area contributed by atoms with E-state index in [9.17, 15) is 10.1 Å². The van der Waals surface area contributed by atoms with E-state index in [2.05, 4.69) is 4.90 Å². The van der Waals surface area contributed by atoms with Gasteiger partial charge < -0.3 is 9.64 Å². The molecule has 1 aliphatic rings. The van der Waals surface area contributed by atoms with Crippen LogP contribution in [-0.2, 0) is 10.6 Å². The van der Waals surface area contributed by atoms with Crippen LogP contribution in [-0.4, -0.2) is 31.7 Å². The van der Waals surface area contributed by atoms with Crippen molar-refractivity contribution in [1.29, 1.82) is 0 Å². The zero-order valence-corrected chi connectivity index (χ0v) is 12.3. The quantitative estimate of drug-likeness (QED) is 0.476. The van der Waals surface area contributed by atoms with Gasteiger partial charge in [0.2, 0.25) is 0 Å². The average Bonchev–Trinajstić information content (AvgIpc) is 2.47. The average molecular weight is 299 g/mol. The largest absolute Gasteiger partial charge is 0.384 e. The van der Waals surface area contributed by atoms with E-state index < -0.39 is 0 Å². The molecule has 20 heavy (non-hydrogen) atoms. The molecule has 0 spiro atoms. The predicted molar refractivity (Wildman–Crippen MR) is 79.5 cm³/mol. The van der Waals surface area contributed by atoms with Gasteiger partial charge in [0.15, 0.2) is 0 Å². The lowest BCUT2D eigenvalue weighted by molar-refractivity contribution is -0.384. The Morgan fingerprint density at radius 3 is 3.00 bits per heavy atom. The highest BCUT2D eigenvalue weighted by Gasteiger charge is 2.22. The fourth-order valence-corrected chi connectivity index (χ4v) is 2.97. The minimum absolute atomic E-state index is 0.0925. The molecular formula is C14H19ClN2O3. The number of rotatable bonds is 5. The Labute approximate surface area is 123 Å². The van der Waals surface area contributed by atoms with Gasteiger partial charge in [-0.1, -0.05) is 0 Å². The molecule has 1 heterocycles. The van der Waals surface area contributed by atoms with Crippen LogP contribution in [0.25, 0.3) is 0 Å². The zero-order valence-electron chi connectivity index (χ0n) is 11.5. The number of anilines is 1. The maximum Gasteiger partial charge on any atom is 0.269 e. The molecule has 1 fully saturated rings. The van der Waals surface area contributed by atoms with Crippen LogP contribution in [0, 0.1) is 16.0 Å². The van der Waals surface area contributed by atoms with Crippen molar-refractivity contribution in [3.8, 4) is 0 Å². The van der Waals surface area contributed by atoms with Gasteiger partial charge >= 0.3 is 0 Å². The molecule has 1 aromatic rings. The zero-order chi connectivity index (χ0) is 14.5. The molecule has 1 aromatic carbocycles. The summed E-state index contributed by atoms with van der Waals surface area (Å²) in [5.41, 5.74) is 1.92. The van der Waals surface area contributed by atoms with Crippen LogP contribution in [0.15, 0.2) is 18.2 Å². The summed E-state index contributed by atoms with van der Waals surface area (Å²) in [6.45, 7) is 2.62. The van der Waals surface area contributed by atoms with Crippen molar-refractivity contribution in [2.24, 2.45) is 5.92 Å². The summed E-state index contributed by atoms with van der Waals surface area (Å²) < 4.78 is 5.23. The topological polar surface area (TPSA) is 55.6 Å². The molecule has 1 unspecified atom stereocenters. The smallest absolute Gasteiger partial charge is 0.269 e. The monoisotopic (exact) mass is 298 g/mol. The minimum atomic E-state index is -0.385. The van der Waals surface area contributed by atoms with E-state index in [1.54, 1.807) is 19.2 Å². The fourth-order valence-electron chi connectivity index (χ4n) is 2.76. The van der Waals surface area contributed by atoms with Crippen LogP contribution >= 0.6 is 11.6 Å². The van der Waals surface area contributed by atoms with Crippen LogP contribution in [0.4, 0.5) is 11.4 Å². The number of ether oxygens (including phenoxy) is 1. The molecule has 6 heteroatoms. The first-order valence-electron chi connectivity index (χ1n) is 6.73. The lowest BCUT2D eigenvalue weighted by Gasteiger charge is -2.35. The molecule has 2 rings (SSSR count). The van der Waals surface area contributed by atoms with E-state index in [1.807, 2.05) is 6.07 Å². The second-order valence-corrected chi connectivity index (χ2v) is 5.38. The van der Waals surface area contributed by atoms with Gasteiger partial charge in [0.1, 0.15) is 0 Å². The molecule has 1 aliphatic heterocycles. The molecule has 0 radical (unpaired) electrons. The van der Waals surface area contributed by atoms with Gasteiger partial charge in [0.05, 0.1) is 11.5 Å². The van der Waals surface area contributed by atoms with E-state index in [-0.39, 0.29) is 16.5 Å². The number of nitro benzene ring substituents is 1. The standard InChI is InChI=1S/C14H19ClN2O3/c1-20-10-11-3-2-6-16(9-11)14-5-4-13(17(18)19)7-12(14)8-15/h4-5,7,11H,2-3,6,8-10H2,1H3. The maximum absolute atomic E-state index is 10.8. The van der Waals surface area contributed by atoms with Gasteiger partial charge in [-0.2, -0.15) is 0 Å². The van der Waals surface area contributed by atoms with Crippen LogP contribution in [0.2, 0.25) is 0 Å². The molecule has 5 nitrogen and oxygen atoms in total. The molecule has 0 aliphatic carbocycles. The van der Waals surface area contributed by atoms with Crippen molar-refractivity contribution >= 4 is 23.0 Å². The molecule has 0 N–H and O–H groups in total. The highest BCUT2D eigenvalue weighted by molar-refractivity contribution is 6.17. The number of non-ortho nitro benzene ring substituents is 1. The molecule has 0 amide bonds. The Kier molecular flexibility index (Phi) is 5.20. The Bertz CT molecular complexity index is 479. The Balaban J connectivity index is 2.20. The minimum Gasteiger partial charge on any atom is -0.384 e. The van der Waals surface area contributed by atoms with Crippen LogP contribution < -0.4 is 4.90 Å². The van der Waals surface area contributed by atoms with Gasteiger partial charge in [-0.05, 0) is 30.4 Å². The highest BCUT2D eigenvalue weighted by atomic mass is 35.5. The third-order valence-electron chi connectivity index (χ3n) is 3.68. The summed E-state index contributed by atoms with van der Waals surface area (Å²) in [5, 5.41) is 10.8. The third-order valence-corrected chi connectivity index (χ3v) is 3.97. The predicted octanol–water partition coefficient (Wildman–Crippen LogP) is 3.20. The normalized spacial score (nSPS) is 19.1. The van der Waals surface area contributed by atoms with Crippen LogP contribution in [0.5, 0.6) is 0 Å². The Morgan fingerprint density at radius 2 is 2.35 bits per heavy atom. The number of benzene rings is 1. The number of hydrogen-bond donors (Lipinski definition) is 0. The van der Waals surface area contributed by atoms with Gasteiger partial charge in [-0.25, -0.2) is 0 Å². The molecule has 0 aromatic heterocycles.